The quantitative estimate of drug-likeness (QED) is 0.108. The number of nitrogens with zero attached hydrogens (tertiary/aromatic N) is 1. The van der Waals surface area contributed by atoms with Crippen LogP contribution in [-0.4, -0.2) is 122 Å². The Labute approximate surface area is 336 Å². The van der Waals surface area contributed by atoms with Crippen LogP contribution in [0.1, 0.15) is 93.4 Å². The molecule has 0 aromatic heterocycles. The van der Waals surface area contributed by atoms with Crippen molar-refractivity contribution in [2.75, 3.05) is 28.4 Å². The Morgan fingerprint density at radius 2 is 1.66 bits per heavy atom. The molecule has 15 atom stereocenters. The van der Waals surface area contributed by atoms with Gasteiger partial charge < -0.3 is 43.9 Å². The lowest BCUT2D eigenvalue weighted by Crippen LogP contribution is -2.46. The van der Waals surface area contributed by atoms with Crippen molar-refractivity contribution in [1.29, 1.82) is 0 Å². The van der Waals surface area contributed by atoms with E-state index in [1.165, 1.54) is 11.0 Å². The number of carbonyl (C=O) groups excluding carboxylic acids is 3. The molecule has 0 saturated heterocycles. The lowest BCUT2D eigenvalue weighted by Gasteiger charge is -2.38. The van der Waals surface area contributed by atoms with Gasteiger partial charge in [0.05, 0.1) is 48.8 Å². The maximum Gasteiger partial charge on any atom is 0.331 e. The number of esters is 1. The van der Waals surface area contributed by atoms with Crippen LogP contribution in [0.5, 0.6) is 0 Å². The van der Waals surface area contributed by atoms with Crippen molar-refractivity contribution in [2.24, 2.45) is 35.5 Å². The van der Waals surface area contributed by atoms with Crippen LogP contribution in [0.25, 0.3) is 0 Å². The van der Waals surface area contributed by atoms with E-state index in [9.17, 15) is 29.7 Å². The van der Waals surface area contributed by atoms with Gasteiger partial charge in [-0.15, -0.1) is 0 Å². The number of cyclic esters (lactones) is 1. The minimum absolute atomic E-state index is 0.00759. The fraction of sp³-hybridized carbons (Fsp3) is 0.750. The van der Waals surface area contributed by atoms with Crippen molar-refractivity contribution in [3.63, 3.8) is 0 Å². The zero-order valence-corrected chi connectivity index (χ0v) is 35.8. The number of allylic oxidation sites excluding steroid dienone is 2. The van der Waals surface area contributed by atoms with Gasteiger partial charge in [0.15, 0.2) is 0 Å². The van der Waals surface area contributed by atoms with Gasteiger partial charge in [-0.1, -0.05) is 77.5 Å². The number of aliphatic hydroxyl groups excluding tert-OH is 3. The Bertz CT molecular complexity index is 1320. The third-order valence-electron chi connectivity index (χ3n) is 12.0. The van der Waals surface area contributed by atoms with E-state index in [4.69, 9.17) is 23.7 Å². The maximum atomic E-state index is 13.4. The standard InChI is InChI=1S/C44H73NO11/c1-27-15-18-34(47)23-35-13-12-14-36(55-35)24-39(52-9)32(6)40(53-10)25-38(49)31(5)44(56-41(50)20-16-27)33(7)42(51)28(2)17-19-37(48)30(4)43(54-11)29(3)21-22-45(8)26-46/h12-13,15-16,20-22,26,28-36,38-40,42-44,47,49,51H,14,17-19,23-25H2,1-11H3/b20-16+,22-21+,27-15?/t28-,29+,30-,31-,32+,33-,34-,35+,36-,38+,39-,40-,42-,43+,44-/m0/s1. The Kier molecular flexibility index (Phi) is 22.0. The van der Waals surface area contributed by atoms with Crippen molar-refractivity contribution >= 4 is 18.2 Å². The molecular weight excluding hydrogens is 718 g/mol. The zero-order chi connectivity index (χ0) is 42.1. The summed E-state index contributed by atoms with van der Waals surface area (Å²) in [6.07, 6.45) is 11.2. The molecule has 0 saturated carbocycles. The highest BCUT2D eigenvalue weighted by molar-refractivity contribution is 5.82. The van der Waals surface area contributed by atoms with Crippen LogP contribution in [-0.2, 0) is 38.1 Å². The first-order chi connectivity index (χ1) is 26.5. The summed E-state index contributed by atoms with van der Waals surface area (Å²) < 4.78 is 30.0. The summed E-state index contributed by atoms with van der Waals surface area (Å²) in [4.78, 5) is 39.1. The lowest BCUT2D eigenvalue weighted by atomic mass is 9.78. The van der Waals surface area contributed by atoms with Crippen molar-refractivity contribution < 1.29 is 53.4 Å². The summed E-state index contributed by atoms with van der Waals surface area (Å²) in [5, 5.41) is 34.2. The summed E-state index contributed by atoms with van der Waals surface area (Å²) in [6.45, 7) is 13.1. The van der Waals surface area contributed by atoms with Gasteiger partial charge in [-0.25, -0.2) is 4.79 Å². The first-order valence-corrected chi connectivity index (χ1v) is 20.4. The largest absolute Gasteiger partial charge is 0.458 e. The normalized spacial score (nSPS) is 32.6. The number of carbonyl (C=O) groups is 3. The SMILES string of the molecule is CO[C@H]([C@H](C)/C=C/N(C)C=O)[C@@H](C)C(=O)CC[C@H](C)[C@H](O)[C@H](C)[C@H]1OC(=O)/C=C/C(C)=CC[C@H](O)C[C@H]2C=CC[C@@H](C[C@H](OC)[C@@H](C)[C@@H](OC)C[C@@H](O)[C@@H]1C)O2. The van der Waals surface area contributed by atoms with E-state index in [0.717, 1.165) is 12.0 Å². The third-order valence-corrected chi connectivity index (χ3v) is 12.0. The van der Waals surface area contributed by atoms with Gasteiger partial charge >= 0.3 is 5.97 Å². The van der Waals surface area contributed by atoms with Gasteiger partial charge in [-0.2, -0.15) is 0 Å². The minimum Gasteiger partial charge on any atom is -0.458 e. The van der Waals surface area contributed by atoms with E-state index in [0.29, 0.717) is 32.1 Å². The second-order valence-corrected chi connectivity index (χ2v) is 16.4. The molecular formula is C44H73NO11. The van der Waals surface area contributed by atoms with E-state index < -0.39 is 60.3 Å². The van der Waals surface area contributed by atoms with Crippen LogP contribution in [0.2, 0.25) is 0 Å². The Morgan fingerprint density at radius 1 is 1.00 bits per heavy atom. The van der Waals surface area contributed by atoms with Crippen LogP contribution >= 0.6 is 0 Å². The van der Waals surface area contributed by atoms with E-state index in [-0.39, 0.29) is 54.7 Å². The molecule has 2 bridgehead atoms. The van der Waals surface area contributed by atoms with Gasteiger partial charge in [0.25, 0.3) is 0 Å². The molecule has 2 heterocycles. The number of methoxy groups -OCH3 is 3. The van der Waals surface area contributed by atoms with Gasteiger partial charge in [0.1, 0.15) is 11.9 Å². The number of hydrogen-bond donors (Lipinski definition) is 3. The van der Waals surface area contributed by atoms with E-state index >= 15 is 0 Å². The van der Waals surface area contributed by atoms with Gasteiger partial charge in [-0.3, -0.25) is 9.59 Å². The lowest BCUT2D eigenvalue weighted by molar-refractivity contribution is -0.157. The minimum atomic E-state index is -0.967. The molecule has 1 amide bonds. The predicted octanol–water partition coefficient (Wildman–Crippen LogP) is 5.58. The van der Waals surface area contributed by atoms with E-state index in [1.807, 2.05) is 59.8 Å². The average molecular weight is 792 g/mol. The van der Waals surface area contributed by atoms with Crippen molar-refractivity contribution in [2.45, 2.75) is 148 Å². The number of rotatable bonds is 15. The van der Waals surface area contributed by atoms with Gasteiger partial charge in [-0.05, 0) is 32.1 Å². The molecule has 12 nitrogen and oxygen atoms in total. The number of ketones is 1. The third kappa shape index (κ3) is 15.6. The Balaban J connectivity index is 2.31. The zero-order valence-electron chi connectivity index (χ0n) is 35.8. The summed E-state index contributed by atoms with van der Waals surface area (Å²) in [7, 11) is 6.46. The van der Waals surface area contributed by atoms with E-state index in [2.05, 4.69) is 6.08 Å². The second kappa shape index (κ2) is 24.9. The molecule has 320 valence electrons. The molecule has 0 fully saturated rings. The summed E-state index contributed by atoms with van der Waals surface area (Å²) >= 11 is 0. The van der Waals surface area contributed by atoms with E-state index in [1.54, 1.807) is 47.6 Å². The number of fused-ring (bicyclic) bond motifs is 2. The average Bonchev–Trinajstić information content (AvgIpc) is 3.18. The Hall–Kier alpha value is -2.71. The van der Waals surface area contributed by atoms with Crippen molar-refractivity contribution in [3.8, 4) is 0 Å². The smallest absolute Gasteiger partial charge is 0.331 e. The van der Waals surface area contributed by atoms with Crippen LogP contribution in [0.15, 0.2) is 48.2 Å². The van der Waals surface area contributed by atoms with Crippen molar-refractivity contribution in [3.05, 3.63) is 48.2 Å². The van der Waals surface area contributed by atoms with Gasteiger partial charge in [0, 0.05) is 95.9 Å². The maximum absolute atomic E-state index is 13.4. The number of ether oxygens (including phenoxy) is 5. The fourth-order valence-corrected chi connectivity index (χ4v) is 8.01. The monoisotopic (exact) mass is 792 g/mol. The van der Waals surface area contributed by atoms with Gasteiger partial charge in [0.2, 0.25) is 6.41 Å². The highest BCUT2D eigenvalue weighted by atomic mass is 16.5. The molecule has 0 aromatic carbocycles. The van der Waals surface area contributed by atoms with Crippen LogP contribution in [0, 0.1) is 35.5 Å². The molecule has 0 unspecified atom stereocenters. The summed E-state index contributed by atoms with van der Waals surface area (Å²) in [6, 6.07) is 0. The molecule has 2 aliphatic heterocycles. The molecule has 0 aromatic rings. The number of aliphatic hydroxyl groups is 3. The summed E-state index contributed by atoms with van der Waals surface area (Å²) in [5.74, 6) is -2.88. The number of Topliss-reactive ketones (excluding diaryl/α,β-unsaturated/α-hetero) is 1. The molecule has 2 aliphatic rings. The number of amides is 1. The van der Waals surface area contributed by atoms with Crippen LogP contribution in [0.3, 0.4) is 0 Å². The second-order valence-electron chi connectivity index (χ2n) is 16.4. The van der Waals surface area contributed by atoms with Crippen LogP contribution < -0.4 is 0 Å². The first kappa shape index (κ1) is 49.4. The Morgan fingerprint density at radius 3 is 2.29 bits per heavy atom. The molecule has 12 heteroatoms. The van der Waals surface area contributed by atoms with Crippen molar-refractivity contribution in [1.82, 2.24) is 4.90 Å². The molecule has 2 rings (SSSR count). The molecule has 0 radical (unpaired) electrons. The number of hydrogen-bond acceptors (Lipinski definition) is 11. The topological polar surface area (TPSA) is 161 Å². The predicted molar refractivity (Wildman–Crippen MR) is 216 cm³/mol. The molecule has 56 heavy (non-hydrogen) atoms. The highest BCUT2D eigenvalue weighted by Gasteiger charge is 2.40. The summed E-state index contributed by atoms with van der Waals surface area (Å²) in [5.41, 5.74) is 0.771. The molecule has 0 spiro atoms. The first-order valence-electron chi connectivity index (χ1n) is 20.4. The van der Waals surface area contributed by atoms with Crippen LogP contribution in [0.4, 0.5) is 0 Å². The highest BCUT2D eigenvalue weighted by Crippen LogP contribution is 2.33. The molecule has 3 N–H and O–H groups in total. The molecule has 0 aliphatic carbocycles. The fourth-order valence-electron chi connectivity index (χ4n) is 8.01.